The van der Waals surface area contributed by atoms with Crippen LogP contribution in [-0.2, 0) is 0 Å². The summed E-state index contributed by atoms with van der Waals surface area (Å²) in [6, 6.07) is 23.6. The van der Waals surface area contributed by atoms with Gasteiger partial charge < -0.3 is 9.47 Å². The summed E-state index contributed by atoms with van der Waals surface area (Å²) in [6.45, 7) is 6.00. The highest BCUT2D eigenvalue weighted by molar-refractivity contribution is 6.09. The van der Waals surface area contributed by atoms with Crippen LogP contribution in [0.4, 0.5) is 0 Å². The predicted molar refractivity (Wildman–Crippen MR) is 196 cm³/mol. The lowest BCUT2D eigenvalue weighted by Gasteiger charge is -2.15. The van der Waals surface area contributed by atoms with Gasteiger partial charge in [0.05, 0.1) is 13.2 Å². The Balaban J connectivity index is 1.51. The molecule has 3 aromatic rings. The van der Waals surface area contributed by atoms with Crippen molar-refractivity contribution in [2.75, 3.05) is 13.2 Å². The maximum absolute atomic E-state index is 13.0. The second-order valence-corrected chi connectivity index (χ2v) is 13.0. The van der Waals surface area contributed by atoms with E-state index in [1.807, 2.05) is 60.7 Å². The summed E-state index contributed by atoms with van der Waals surface area (Å²) in [6.07, 6.45) is 26.3. The second kappa shape index (κ2) is 24.2. The third-order valence-electron chi connectivity index (χ3n) is 8.97. The minimum Gasteiger partial charge on any atom is -0.494 e. The smallest absolute Gasteiger partial charge is 0.193 e. The van der Waals surface area contributed by atoms with E-state index in [0.29, 0.717) is 17.7 Å². The number of unbranched alkanes of at least 4 members (excludes halogenated alkanes) is 18. The maximum Gasteiger partial charge on any atom is 0.193 e. The lowest BCUT2D eigenvalue weighted by atomic mass is 9.99. The molecule has 0 fully saturated rings. The molecule has 0 spiro atoms. The third-order valence-corrected chi connectivity index (χ3v) is 8.97. The van der Waals surface area contributed by atoms with Crippen molar-refractivity contribution in [3.63, 3.8) is 0 Å². The van der Waals surface area contributed by atoms with E-state index in [1.165, 1.54) is 116 Å². The molecule has 0 aliphatic carbocycles. The number of hydrogen-bond acceptors (Lipinski definition) is 3. The van der Waals surface area contributed by atoms with Crippen LogP contribution < -0.4 is 9.47 Å². The van der Waals surface area contributed by atoms with Crippen LogP contribution in [0.1, 0.15) is 158 Å². The number of benzene rings is 3. The van der Waals surface area contributed by atoms with Gasteiger partial charge in [0.1, 0.15) is 11.5 Å². The molecule has 3 aromatic carbocycles. The molecule has 3 heteroatoms. The van der Waals surface area contributed by atoms with Crippen LogP contribution in [0.2, 0.25) is 0 Å². The largest absolute Gasteiger partial charge is 0.494 e. The molecule has 0 heterocycles. The Morgan fingerprint density at radius 3 is 1.46 bits per heavy atom. The number of carbonyl (C=O) groups excluding carboxylic acids is 1. The first-order valence-corrected chi connectivity index (χ1v) is 18.8. The van der Waals surface area contributed by atoms with Crippen molar-refractivity contribution in [2.24, 2.45) is 0 Å². The molecule has 0 bridgehead atoms. The van der Waals surface area contributed by atoms with Gasteiger partial charge in [-0.05, 0) is 36.6 Å². The van der Waals surface area contributed by atoms with Gasteiger partial charge in [-0.3, -0.25) is 4.79 Å². The molecule has 0 aromatic heterocycles. The van der Waals surface area contributed by atoms with Crippen LogP contribution in [0.25, 0.3) is 11.1 Å². The highest BCUT2D eigenvalue weighted by atomic mass is 16.5. The Hall–Kier alpha value is -3.07. The molecule has 3 rings (SSSR count). The molecule has 0 N–H and O–H groups in total. The van der Waals surface area contributed by atoms with Crippen LogP contribution in [0.5, 0.6) is 11.5 Å². The summed E-state index contributed by atoms with van der Waals surface area (Å²) >= 11 is 0. The molecule has 3 nitrogen and oxygen atoms in total. The molecule has 252 valence electrons. The van der Waals surface area contributed by atoms with Crippen molar-refractivity contribution >= 4 is 5.78 Å². The highest BCUT2D eigenvalue weighted by Gasteiger charge is 2.12. The van der Waals surface area contributed by atoms with E-state index in [-0.39, 0.29) is 5.78 Å². The maximum atomic E-state index is 13.0. The summed E-state index contributed by atoms with van der Waals surface area (Å²) in [5, 5.41) is 0. The van der Waals surface area contributed by atoms with Crippen LogP contribution >= 0.6 is 0 Å². The van der Waals surface area contributed by atoms with Gasteiger partial charge in [-0.15, -0.1) is 0 Å². The predicted octanol–water partition coefficient (Wildman–Crippen LogP) is 13.2. The van der Waals surface area contributed by atoms with Gasteiger partial charge in [0.25, 0.3) is 0 Å². The molecule has 0 unspecified atom stereocenters. The van der Waals surface area contributed by atoms with E-state index in [4.69, 9.17) is 9.47 Å². The number of rotatable bonds is 27. The van der Waals surface area contributed by atoms with Crippen molar-refractivity contribution in [1.29, 1.82) is 0 Å². The topological polar surface area (TPSA) is 35.5 Å². The Kier molecular flexibility index (Phi) is 19.6. The van der Waals surface area contributed by atoms with Crippen LogP contribution in [-0.4, -0.2) is 19.0 Å². The zero-order valence-electron chi connectivity index (χ0n) is 29.2. The van der Waals surface area contributed by atoms with Crippen molar-refractivity contribution in [1.82, 2.24) is 0 Å². The SMILES string of the molecule is CCCCCCCCCCCCOc1ccc(OCCCCCCCCCCCC)c(-c2ccc(C(=O)c3ccccc3)cc2)c1. The van der Waals surface area contributed by atoms with Crippen LogP contribution in [0, 0.1) is 0 Å². The monoisotopic (exact) mass is 626 g/mol. The molecule has 0 saturated carbocycles. The van der Waals surface area contributed by atoms with Crippen molar-refractivity contribution < 1.29 is 14.3 Å². The van der Waals surface area contributed by atoms with Gasteiger partial charge in [0.15, 0.2) is 5.78 Å². The van der Waals surface area contributed by atoms with Crippen molar-refractivity contribution in [2.45, 2.75) is 142 Å². The Morgan fingerprint density at radius 2 is 0.935 bits per heavy atom. The summed E-state index contributed by atoms with van der Waals surface area (Å²) < 4.78 is 12.6. The van der Waals surface area contributed by atoms with Gasteiger partial charge in [0, 0.05) is 16.7 Å². The van der Waals surface area contributed by atoms with Gasteiger partial charge in [-0.25, -0.2) is 0 Å². The van der Waals surface area contributed by atoms with Crippen LogP contribution in [0.15, 0.2) is 72.8 Å². The lowest BCUT2D eigenvalue weighted by molar-refractivity contribution is 0.103. The quantitative estimate of drug-likeness (QED) is 0.0624. The third kappa shape index (κ3) is 15.0. The minimum atomic E-state index is 0.0400. The van der Waals surface area contributed by atoms with Gasteiger partial charge >= 0.3 is 0 Å². The lowest BCUT2D eigenvalue weighted by Crippen LogP contribution is -2.02. The number of hydrogen-bond donors (Lipinski definition) is 0. The summed E-state index contributed by atoms with van der Waals surface area (Å²) in [7, 11) is 0. The molecule has 46 heavy (non-hydrogen) atoms. The molecule has 0 amide bonds. The number of ether oxygens (including phenoxy) is 2. The number of carbonyl (C=O) groups is 1. The Morgan fingerprint density at radius 1 is 0.478 bits per heavy atom. The normalized spacial score (nSPS) is 11.1. The summed E-state index contributed by atoms with van der Waals surface area (Å²) in [5.41, 5.74) is 3.45. The second-order valence-electron chi connectivity index (χ2n) is 13.0. The molecular formula is C43H62O3. The zero-order chi connectivity index (χ0) is 32.5. The van der Waals surface area contributed by atoms with Crippen molar-refractivity contribution in [3.05, 3.63) is 83.9 Å². The Labute approximate surface area is 281 Å². The van der Waals surface area contributed by atoms with E-state index in [0.717, 1.165) is 42.1 Å². The molecule has 0 atom stereocenters. The van der Waals surface area contributed by atoms with Gasteiger partial charge in [0.2, 0.25) is 0 Å². The van der Waals surface area contributed by atoms with E-state index in [1.54, 1.807) is 0 Å². The average Bonchev–Trinajstić information content (AvgIpc) is 3.10. The number of ketones is 1. The molecule has 0 aliphatic heterocycles. The molecule has 0 radical (unpaired) electrons. The average molecular weight is 627 g/mol. The van der Waals surface area contributed by atoms with Gasteiger partial charge in [-0.2, -0.15) is 0 Å². The van der Waals surface area contributed by atoms with E-state index >= 15 is 0 Å². The first-order valence-electron chi connectivity index (χ1n) is 18.8. The van der Waals surface area contributed by atoms with Gasteiger partial charge in [-0.1, -0.05) is 184 Å². The fraction of sp³-hybridized carbons (Fsp3) is 0.558. The Bertz CT molecular complexity index is 1180. The van der Waals surface area contributed by atoms with Crippen molar-refractivity contribution in [3.8, 4) is 22.6 Å². The summed E-state index contributed by atoms with van der Waals surface area (Å²) in [4.78, 5) is 13.0. The molecule has 0 aliphatic rings. The van der Waals surface area contributed by atoms with Crippen LogP contribution in [0.3, 0.4) is 0 Å². The first kappa shape index (κ1) is 37.4. The fourth-order valence-corrected chi connectivity index (χ4v) is 6.06. The molecular weight excluding hydrogens is 564 g/mol. The first-order chi connectivity index (χ1) is 22.7. The molecule has 0 saturated heterocycles. The van der Waals surface area contributed by atoms with E-state index in [9.17, 15) is 4.79 Å². The minimum absolute atomic E-state index is 0.0400. The fourth-order valence-electron chi connectivity index (χ4n) is 6.06. The van der Waals surface area contributed by atoms with E-state index < -0.39 is 0 Å². The van der Waals surface area contributed by atoms with E-state index in [2.05, 4.69) is 26.0 Å². The summed E-state index contributed by atoms with van der Waals surface area (Å²) in [5.74, 6) is 1.80. The standard InChI is InChI=1S/C43H62O3/c1-3-5-7-9-11-13-15-17-19-24-34-45-40-32-33-42(46-35-25-20-18-16-14-12-10-8-6-4-2)41(36-40)37-28-30-39(31-29-37)43(44)38-26-22-21-23-27-38/h21-23,26-33,36H,3-20,24-25,34-35H2,1-2H3. The zero-order valence-corrected chi connectivity index (χ0v) is 29.2. The highest BCUT2D eigenvalue weighted by Crippen LogP contribution is 2.34.